The van der Waals surface area contributed by atoms with Gasteiger partial charge in [0.15, 0.2) is 5.78 Å². The normalized spacial score (nSPS) is 16.9. The number of halogens is 2. The van der Waals surface area contributed by atoms with Crippen molar-refractivity contribution in [1.82, 2.24) is 15.0 Å². The Labute approximate surface area is 135 Å². The van der Waals surface area contributed by atoms with E-state index in [1.165, 1.54) is 18.3 Å². The van der Waals surface area contributed by atoms with Gasteiger partial charge in [-0.2, -0.15) is 4.98 Å². The van der Waals surface area contributed by atoms with Crippen molar-refractivity contribution in [2.24, 2.45) is 5.92 Å². The molecule has 0 radical (unpaired) electrons. The van der Waals surface area contributed by atoms with Gasteiger partial charge in [-0.3, -0.25) is 4.79 Å². The third-order valence-corrected chi connectivity index (χ3v) is 4.15. The Kier molecular flexibility index (Phi) is 3.27. The van der Waals surface area contributed by atoms with E-state index in [0.717, 1.165) is 0 Å². The number of carbonyl (C=O) groups excluding carboxylic acids is 1. The van der Waals surface area contributed by atoms with E-state index in [-0.39, 0.29) is 29.4 Å². The summed E-state index contributed by atoms with van der Waals surface area (Å²) in [6.45, 7) is 0.262. The first-order valence-electron chi connectivity index (χ1n) is 7.07. The van der Waals surface area contributed by atoms with Crippen LogP contribution in [-0.2, 0) is 6.42 Å². The first-order valence-corrected chi connectivity index (χ1v) is 7.44. The molecule has 4 rings (SSSR count). The van der Waals surface area contributed by atoms with Gasteiger partial charge in [0.05, 0.1) is 12.5 Å². The molecule has 5 nitrogen and oxygen atoms in total. The van der Waals surface area contributed by atoms with Gasteiger partial charge < -0.3 is 9.72 Å². The molecule has 2 aromatic heterocycles. The number of aromatic nitrogens is 3. The van der Waals surface area contributed by atoms with Gasteiger partial charge in [-0.1, -0.05) is 0 Å². The fourth-order valence-corrected chi connectivity index (χ4v) is 2.97. The van der Waals surface area contributed by atoms with E-state index in [0.29, 0.717) is 34.3 Å². The molecule has 0 bridgehead atoms. The van der Waals surface area contributed by atoms with Crippen molar-refractivity contribution in [3.8, 4) is 5.75 Å². The van der Waals surface area contributed by atoms with Crippen molar-refractivity contribution < 1.29 is 13.9 Å². The van der Waals surface area contributed by atoms with Gasteiger partial charge in [-0.05, 0) is 41.8 Å². The highest BCUT2D eigenvalue weighted by Crippen LogP contribution is 2.30. The minimum atomic E-state index is -0.376. The van der Waals surface area contributed by atoms with Gasteiger partial charge in [-0.25, -0.2) is 9.37 Å². The molecule has 3 aromatic rings. The molecule has 1 aliphatic rings. The van der Waals surface area contributed by atoms with E-state index >= 15 is 0 Å². The Morgan fingerprint density at radius 3 is 3.17 bits per heavy atom. The summed E-state index contributed by atoms with van der Waals surface area (Å²) in [4.78, 5) is 23.6. The Bertz CT molecular complexity index is 925. The molecule has 7 heteroatoms. The Morgan fingerprint density at radius 1 is 1.43 bits per heavy atom. The minimum Gasteiger partial charge on any atom is -0.493 e. The van der Waals surface area contributed by atoms with E-state index in [9.17, 15) is 9.18 Å². The maximum Gasteiger partial charge on any atom is 0.224 e. The molecule has 0 amide bonds. The molecule has 0 saturated carbocycles. The second-order valence-corrected chi connectivity index (χ2v) is 5.77. The van der Waals surface area contributed by atoms with Gasteiger partial charge in [0.25, 0.3) is 0 Å². The lowest BCUT2D eigenvalue weighted by atomic mass is 9.90. The summed E-state index contributed by atoms with van der Waals surface area (Å²) < 4.78 is 19.0. The third-order valence-electron chi connectivity index (χ3n) is 3.97. The number of nitrogens with zero attached hydrogens (tertiary/aromatic N) is 2. The van der Waals surface area contributed by atoms with Gasteiger partial charge in [0, 0.05) is 23.3 Å². The quantitative estimate of drug-likeness (QED) is 0.578. The van der Waals surface area contributed by atoms with Crippen LogP contribution in [0.1, 0.15) is 15.9 Å². The fraction of sp³-hybridized carbons (Fsp3) is 0.188. The number of ether oxygens (including phenoxy) is 1. The average Bonchev–Trinajstić information content (AvgIpc) is 2.96. The van der Waals surface area contributed by atoms with E-state index < -0.39 is 0 Å². The summed E-state index contributed by atoms with van der Waals surface area (Å²) in [5.41, 5.74) is 1.70. The minimum absolute atomic E-state index is 0.0860. The summed E-state index contributed by atoms with van der Waals surface area (Å²) >= 11 is 5.74. The molecule has 0 spiro atoms. The van der Waals surface area contributed by atoms with Crippen molar-refractivity contribution in [3.05, 3.63) is 52.8 Å². The maximum atomic E-state index is 13.4. The predicted molar refractivity (Wildman–Crippen MR) is 82.3 cm³/mol. The monoisotopic (exact) mass is 331 g/mol. The lowest BCUT2D eigenvalue weighted by Crippen LogP contribution is -2.28. The number of nitrogens with one attached hydrogen (secondary N) is 1. The second kappa shape index (κ2) is 5.31. The van der Waals surface area contributed by atoms with Crippen LogP contribution in [0.2, 0.25) is 5.28 Å². The molecular weight excluding hydrogens is 321 g/mol. The molecule has 0 fully saturated rings. The molecule has 1 atom stereocenters. The van der Waals surface area contributed by atoms with E-state index in [4.69, 9.17) is 16.3 Å². The van der Waals surface area contributed by atoms with Crippen molar-refractivity contribution >= 4 is 28.4 Å². The number of fused-ring (bicyclic) bond motifs is 2. The lowest BCUT2D eigenvalue weighted by Gasteiger charge is -2.24. The summed E-state index contributed by atoms with van der Waals surface area (Å²) in [7, 11) is 0. The van der Waals surface area contributed by atoms with E-state index in [1.54, 1.807) is 12.3 Å². The van der Waals surface area contributed by atoms with Gasteiger partial charge >= 0.3 is 0 Å². The van der Waals surface area contributed by atoms with Crippen LogP contribution >= 0.6 is 11.6 Å². The summed E-state index contributed by atoms with van der Waals surface area (Å²) in [5, 5.41) is 0.730. The molecular formula is C16H11ClFN3O2. The molecule has 0 saturated heterocycles. The number of aromatic amines is 1. The van der Waals surface area contributed by atoms with Crippen molar-refractivity contribution in [3.63, 3.8) is 0 Å². The molecule has 1 unspecified atom stereocenters. The van der Waals surface area contributed by atoms with Gasteiger partial charge in [-0.15, -0.1) is 0 Å². The number of hydrogen-bond acceptors (Lipinski definition) is 4. The average molecular weight is 332 g/mol. The molecule has 3 heterocycles. The molecule has 0 aliphatic carbocycles. The number of carbonyl (C=O) groups is 1. The van der Waals surface area contributed by atoms with E-state index in [2.05, 4.69) is 15.0 Å². The first kappa shape index (κ1) is 14.1. The topological polar surface area (TPSA) is 67.9 Å². The SMILES string of the molecule is O=C(c1c[nH]c2nc(Cl)ncc12)C1COc2ccc(F)cc2C1. The molecule has 116 valence electrons. The molecule has 1 aromatic carbocycles. The Hall–Kier alpha value is -2.47. The number of hydrogen-bond donors (Lipinski definition) is 1. The fourth-order valence-electron chi connectivity index (χ4n) is 2.84. The van der Waals surface area contributed by atoms with Crippen LogP contribution in [0.25, 0.3) is 11.0 Å². The molecule has 1 aliphatic heterocycles. The zero-order valence-corrected chi connectivity index (χ0v) is 12.6. The summed E-state index contributed by atoms with van der Waals surface area (Å²) in [6, 6.07) is 4.35. The van der Waals surface area contributed by atoms with Crippen LogP contribution in [0.5, 0.6) is 5.75 Å². The van der Waals surface area contributed by atoms with Crippen molar-refractivity contribution in [2.75, 3.05) is 6.61 Å². The third kappa shape index (κ3) is 2.45. The predicted octanol–water partition coefficient (Wildman–Crippen LogP) is 3.18. The standard InChI is InChI=1S/C16H11ClFN3O2/c17-16-20-6-12-11(5-19-15(12)21-16)14(22)9-3-8-4-10(18)1-2-13(8)23-7-9/h1-2,4-6,9H,3,7H2,(H,19,20,21). The van der Waals surface area contributed by atoms with Crippen LogP contribution in [0.15, 0.2) is 30.6 Å². The number of H-pyrrole nitrogens is 1. The highest BCUT2D eigenvalue weighted by atomic mass is 35.5. The van der Waals surface area contributed by atoms with Gasteiger partial charge in [0.1, 0.15) is 17.2 Å². The summed E-state index contributed by atoms with van der Waals surface area (Å²) in [6.07, 6.45) is 3.55. The zero-order chi connectivity index (χ0) is 16.0. The number of rotatable bonds is 2. The van der Waals surface area contributed by atoms with Crippen LogP contribution in [0.3, 0.4) is 0 Å². The van der Waals surface area contributed by atoms with Crippen LogP contribution in [-0.4, -0.2) is 27.3 Å². The number of benzene rings is 1. The van der Waals surface area contributed by atoms with Crippen LogP contribution in [0.4, 0.5) is 4.39 Å². The number of ketones is 1. The number of Topliss-reactive ketones (excluding diaryl/α,β-unsaturated/α-hetero) is 1. The smallest absolute Gasteiger partial charge is 0.224 e. The van der Waals surface area contributed by atoms with Gasteiger partial charge in [0.2, 0.25) is 5.28 Å². The largest absolute Gasteiger partial charge is 0.493 e. The second-order valence-electron chi connectivity index (χ2n) is 5.43. The highest BCUT2D eigenvalue weighted by Gasteiger charge is 2.29. The lowest BCUT2D eigenvalue weighted by molar-refractivity contribution is 0.0856. The molecule has 1 N–H and O–H groups in total. The summed E-state index contributed by atoms with van der Waals surface area (Å²) in [5.74, 6) is -0.170. The van der Waals surface area contributed by atoms with Crippen molar-refractivity contribution in [1.29, 1.82) is 0 Å². The first-order chi connectivity index (χ1) is 11.1. The van der Waals surface area contributed by atoms with Crippen LogP contribution < -0.4 is 4.74 Å². The van der Waals surface area contributed by atoms with E-state index in [1.807, 2.05) is 0 Å². The molecule has 23 heavy (non-hydrogen) atoms. The maximum absolute atomic E-state index is 13.4. The zero-order valence-electron chi connectivity index (χ0n) is 11.8. The van der Waals surface area contributed by atoms with Crippen LogP contribution in [0, 0.1) is 11.7 Å². The Balaban J connectivity index is 1.66. The Morgan fingerprint density at radius 2 is 2.30 bits per heavy atom. The highest BCUT2D eigenvalue weighted by molar-refractivity contribution is 6.28. The van der Waals surface area contributed by atoms with Crippen molar-refractivity contribution in [2.45, 2.75) is 6.42 Å².